The molecular weight excluding hydrogens is 252 g/mol. The predicted octanol–water partition coefficient (Wildman–Crippen LogP) is 3.73. The summed E-state index contributed by atoms with van der Waals surface area (Å²) >= 11 is 0. The van der Waals surface area contributed by atoms with Crippen molar-refractivity contribution in [3.8, 4) is 17.1 Å². The van der Waals surface area contributed by atoms with Crippen molar-refractivity contribution in [2.45, 2.75) is 13.3 Å². The van der Waals surface area contributed by atoms with E-state index in [2.05, 4.69) is 0 Å². The van der Waals surface area contributed by atoms with Crippen LogP contribution < -0.4 is 5.43 Å². The smallest absolute Gasteiger partial charge is 0.235 e. The van der Waals surface area contributed by atoms with Gasteiger partial charge in [-0.05, 0) is 24.1 Å². The van der Waals surface area contributed by atoms with Crippen LogP contribution in [0.4, 0.5) is 0 Å². The average Bonchev–Trinajstić information content (AvgIpc) is 2.51. The lowest BCUT2D eigenvalue weighted by Gasteiger charge is -2.06. The van der Waals surface area contributed by atoms with Gasteiger partial charge in [0.2, 0.25) is 11.2 Å². The quantitative estimate of drug-likeness (QED) is 0.769. The van der Waals surface area contributed by atoms with E-state index in [4.69, 9.17) is 4.42 Å². The largest absolute Gasteiger partial charge is 0.502 e. The molecule has 3 aromatic rings. The molecule has 1 heterocycles. The Balaban J connectivity index is 2.32. The minimum absolute atomic E-state index is 0.215. The standard InChI is InChI=1S/C17H14O3/c1-2-11-8-9-14-13(10-11)15(18)16(19)17(20-14)12-6-4-3-5-7-12/h3-10,19H,2H2,1H3. The maximum atomic E-state index is 12.3. The summed E-state index contributed by atoms with van der Waals surface area (Å²) in [4.78, 5) is 12.3. The van der Waals surface area contributed by atoms with Gasteiger partial charge in [0.1, 0.15) is 5.58 Å². The van der Waals surface area contributed by atoms with Gasteiger partial charge in [-0.25, -0.2) is 0 Å². The van der Waals surface area contributed by atoms with Crippen LogP contribution in [0, 0.1) is 0 Å². The van der Waals surface area contributed by atoms with Crippen molar-refractivity contribution in [2.24, 2.45) is 0 Å². The molecule has 0 aliphatic carbocycles. The third-order valence-electron chi connectivity index (χ3n) is 3.37. The van der Waals surface area contributed by atoms with Crippen LogP contribution in [0.5, 0.6) is 5.75 Å². The first-order valence-electron chi connectivity index (χ1n) is 6.55. The van der Waals surface area contributed by atoms with Crippen molar-refractivity contribution in [3.05, 3.63) is 64.3 Å². The van der Waals surface area contributed by atoms with Gasteiger partial charge in [-0.15, -0.1) is 0 Å². The van der Waals surface area contributed by atoms with Crippen LogP contribution in [0.1, 0.15) is 12.5 Å². The molecule has 3 heteroatoms. The lowest BCUT2D eigenvalue weighted by Crippen LogP contribution is -2.03. The Kier molecular flexibility index (Phi) is 3.03. The van der Waals surface area contributed by atoms with Crippen molar-refractivity contribution < 1.29 is 9.52 Å². The van der Waals surface area contributed by atoms with Crippen LogP contribution in [0.25, 0.3) is 22.3 Å². The van der Waals surface area contributed by atoms with E-state index in [1.54, 1.807) is 24.3 Å². The first-order valence-corrected chi connectivity index (χ1v) is 6.55. The monoisotopic (exact) mass is 266 g/mol. The zero-order chi connectivity index (χ0) is 14.1. The SMILES string of the molecule is CCc1ccc2oc(-c3ccccc3)c(O)c(=O)c2c1. The fourth-order valence-corrected chi connectivity index (χ4v) is 2.24. The van der Waals surface area contributed by atoms with Gasteiger partial charge in [0.05, 0.1) is 5.39 Å². The molecule has 1 N–H and O–H groups in total. The number of aryl methyl sites for hydroxylation is 1. The van der Waals surface area contributed by atoms with Crippen molar-refractivity contribution in [2.75, 3.05) is 0 Å². The number of aromatic hydroxyl groups is 1. The van der Waals surface area contributed by atoms with E-state index in [0.717, 1.165) is 12.0 Å². The van der Waals surface area contributed by atoms with Crippen LogP contribution in [0.2, 0.25) is 0 Å². The normalized spacial score (nSPS) is 10.8. The number of fused-ring (bicyclic) bond motifs is 1. The minimum Gasteiger partial charge on any atom is -0.502 e. The zero-order valence-electron chi connectivity index (χ0n) is 11.1. The van der Waals surface area contributed by atoms with Crippen molar-refractivity contribution >= 4 is 11.0 Å². The lowest BCUT2D eigenvalue weighted by atomic mass is 10.1. The maximum absolute atomic E-state index is 12.3. The Labute approximate surface area is 116 Å². The highest BCUT2D eigenvalue weighted by Crippen LogP contribution is 2.29. The summed E-state index contributed by atoms with van der Waals surface area (Å²) in [7, 11) is 0. The van der Waals surface area contributed by atoms with Crippen molar-refractivity contribution in [3.63, 3.8) is 0 Å². The molecule has 0 saturated heterocycles. The van der Waals surface area contributed by atoms with E-state index in [9.17, 15) is 9.90 Å². The van der Waals surface area contributed by atoms with E-state index in [0.29, 0.717) is 16.5 Å². The number of rotatable bonds is 2. The van der Waals surface area contributed by atoms with Crippen molar-refractivity contribution in [1.82, 2.24) is 0 Å². The fraction of sp³-hybridized carbons (Fsp3) is 0.118. The molecule has 3 rings (SSSR count). The average molecular weight is 266 g/mol. The molecule has 1 aromatic heterocycles. The molecular formula is C17H14O3. The third kappa shape index (κ3) is 1.97. The Hall–Kier alpha value is -2.55. The van der Waals surface area contributed by atoms with E-state index >= 15 is 0 Å². The highest BCUT2D eigenvalue weighted by molar-refractivity contribution is 5.82. The molecule has 0 aliphatic heterocycles. The molecule has 0 aliphatic rings. The lowest BCUT2D eigenvalue weighted by molar-refractivity contribution is 0.449. The number of benzene rings is 2. The molecule has 0 atom stereocenters. The van der Waals surface area contributed by atoms with Crippen LogP contribution in [0.3, 0.4) is 0 Å². The van der Waals surface area contributed by atoms with Gasteiger partial charge in [0, 0.05) is 5.56 Å². The molecule has 0 bridgehead atoms. The Morgan fingerprint density at radius 1 is 1.10 bits per heavy atom. The van der Waals surface area contributed by atoms with Crippen LogP contribution in [0.15, 0.2) is 57.7 Å². The second-order valence-electron chi connectivity index (χ2n) is 4.66. The van der Waals surface area contributed by atoms with Gasteiger partial charge < -0.3 is 9.52 Å². The fourth-order valence-electron chi connectivity index (χ4n) is 2.24. The van der Waals surface area contributed by atoms with E-state index in [1.807, 2.05) is 31.2 Å². The van der Waals surface area contributed by atoms with Gasteiger partial charge in [0.25, 0.3) is 0 Å². The van der Waals surface area contributed by atoms with Gasteiger partial charge in [-0.3, -0.25) is 4.79 Å². The molecule has 0 radical (unpaired) electrons. The van der Waals surface area contributed by atoms with Gasteiger partial charge >= 0.3 is 0 Å². The summed E-state index contributed by atoms with van der Waals surface area (Å²) in [6.07, 6.45) is 0.830. The van der Waals surface area contributed by atoms with Crippen LogP contribution in [-0.2, 0) is 6.42 Å². The molecule has 0 fully saturated rings. The van der Waals surface area contributed by atoms with E-state index in [1.165, 1.54) is 0 Å². The summed E-state index contributed by atoms with van der Waals surface area (Å²) < 4.78 is 5.71. The van der Waals surface area contributed by atoms with E-state index in [-0.39, 0.29) is 16.9 Å². The predicted molar refractivity (Wildman–Crippen MR) is 79.0 cm³/mol. The number of hydrogen-bond donors (Lipinski definition) is 1. The molecule has 0 unspecified atom stereocenters. The zero-order valence-corrected chi connectivity index (χ0v) is 11.1. The van der Waals surface area contributed by atoms with Gasteiger partial charge in [-0.2, -0.15) is 0 Å². The van der Waals surface area contributed by atoms with Gasteiger partial charge in [0.15, 0.2) is 5.76 Å². The number of hydrogen-bond acceptors (Lipinski definition) is 3. The van der Waals surface area contributed by atoms with Crippen LogP contribution >= 0.6 is 0 Å². The van der Waals surface area contributed by atoms with Crippen molar-refractivity contribution in [1.29, 1.82) is 0 Å². The Morgan fingerprint density at radius 3 is 2.55 bits per heavy atom. The summed E-state index contributed by atoms with van der Waals surface area (Å²) in [6.45, 7) is 2.01. The van der Waals surface area contributed by atoms with Crippen LogP contribution in [-0.4, -0.2) is 5.11 Å². The molecule has 0 spiro atoms. The first kappa shape index (κ1) is 12.5. The molecule has 0 amide bonds. The Morgan fingerprint density at radius 2 is 1.85 bits per heavy atom. The topological polar surface area (TPSA) is 50.4 Å². The molecule has 3 nitrogen and oxygen atoms in total. The molecule has 0 saturated carbocycles. The Bertz CT molecular complexity index is 817. The second kappa shape index (κ2) is 4.85. The first-order chi connectivity index (χ1) is 9.70. The summed E-state index contributed by atoms with van der Waals surface area (Å²) in [6, 6.07) is 14.6. The van der Waals surface area contributed by atoms with Gasteiger partial charge in [-0.1, -0.05) is 43.3 Å². The second-order valence-corrected chi connectivity index (χ2v) is 4.66. The summed E-state index contributed by atoms with van der Waals surface area (Å²) in [5.41, 5.74) is 1.82. The minimum atomic E-state index is -0.389. The molecule has 100 valence electrons. The third-order valence-corrected chi connectivity index (χ3v) is 3.37. The summed E-state index contributed by atoms with van der Waals surface area (Å²) in [5, 5.41) is 10.5. The molecule has 20 heavy (non-hydrogen) atoms. The maximum Gasteiger partial charge on any atom is 0.235 e. The highest BCUT2D eigenvalue weighted by Gasteiger charge is 2.15. The van der Waals surface area contributed by atoms with E-state index < -0.39 is 0 Å². The summed E-state index contributed by atoms with van der Waals surface area (Å²) in [5.74, 6) is -0.121. The highest BCUT2D eigenvalue weighted by atomic mass is 16.4. The molecule has 2 aromatic carbocycles.